The molecule has 1 unspecified atom stereocenters. The van der Waals surface area contributed by atoms with Gasteiger partial charge in [0.1, 0.15) is 0 Å². The Morgan fingerprint density at radius 3 is 2.65 bits per heavy atom. The van der Waals surface area contributed by atoms with Crippen molar-refractivity contribution in [1.29, 1.82) is 0 Å². The summed E-state index contributed by atoms with van der Waals surface area (Å²) in [5, 5.41) is 2.76. The first-order chi connectivity index (χ1) is 8.13. The number of amides is 1. The minimum atomic E-state index is -0.513. The smallest absolute Gasteiger partial charge is 0.237 e. The van der Waals surface area contributed by atoms with Gasteiger partial charge in [0.2, 0.25) is 5.91 Å². The van der Waals surface area contributed by atoms with Gasteiger partial charge in [-0.05, 0) is 18.9 Å². The molecule has 4 nitrogen and oxygen atoms in total. The molecule has 1 aromatic rings. The fraction of sp³-hybridized carbons (Fsp3) is 0.462. The number of carbonyl (C=O) groups excluding carboxylic acids is 1. The van der Waals surface area contributed by atoms with Crippen LogP contribution in [0.1, 0.15) is 12.5 Å². The van der Waals surface area contributed by atoms with Crippen LogP contribution >= 0.6 is 0 Å². The van der Waals surface area contributed by atoms with Crippen molar-refractivity contribution in [2.75, 3.05) is 13.7 Å². The maximum Gasteiger partial charge on any atom is 0.237 e. The third kappa shape index (κ3) is 4.97. The van der Waals surface area contributed by atoms with E-state index in [1.165, 1.54) is 0 Å². The van der Waals surface area contributed by atoms with E-state index in [4.69, 9.17) is 10.5 Å². The van der Waals surface area contributed by atoms with Gasteiger partial charge in [-0.1, -0.05) is 30.3 Å². The summed E-state index contributed by atoms with van der Waals surface area (Å²) in [5.74, 6) is -0.141. The van der Waals surface area contributed by atoms with Crippen molar-refractivity contribution in [3.05, 3.63) is 35.9 Å². The Morgan fingerprint density at radius 1 is 1.41 bits per heavy atom. The molecule has 0 bridgehead atoms. The predicted octanol–water partition coefficient (Wildman–Crippen LogP) is 0.708. The van der Waals surface area contributed by atoms with E-state index in [0.29, 0.717) is 13.0 Å². The van der Waals surface area contributed by atoms with Gasteiger partial charge in [0.05, 0.1) is 12.1 Å². The van der Waals surface area contributed by atoms with Gasteiger partial charge in [-0.2, -0.15) is 0 Å². The lowest BCUT2D eigenvalue weighted by Gasteiger charge is -2.14. The SMILES string of the molecule is COC(C)CNC(=O)[C@@H](N)Cc1ccccc1. The number of benzene rings is 1. The second-order valence-corrected chi connectivity index (χ2v) is 4.09. The fourth-order valence-electron chi connectivity index (χ4n) is 1.42. The van der Waals surface area contributed by atoms with E-state index in [2.05, 4.69) is 5.32 Å². The minimum Gasteiger partial charge on any atom is -0.380 e. The Morgan fingerprint density at radius 2 is 2.06 bits per heavy atom. The third-order valence-electron chi connectivity index (χ3n) is 2.60. The van der Waals surface area contributed by atoms with Crippen molar-refractivity contribution in [1.82, 2.24) is 5.32 Å². The van der Waals surface area contributed by atoms with Crippen molar-refractivity contribution in [3.8, 4) is 0 Å². The number of methoxy groups -OCH3 is 1. The molecule has 1 amide bonds. The molecule has 0 saturated carbocycles. The number of hydrogen-bond donors (Lipinski definition) is 2. The highest BCUT2D eigenvalue weighted by molar-refractivity contribution is 5.81. The molecule has 0 aliphatic heterocycles. The van der Waals surface area contributed by atoms with Crippen LogP contribution < -0.4 is 11.1 Å². The Bertz CT molecular complexity index is 341. The van der Waals surface area contributed by atoms with Crippen LogP contribution in [-0.2, 0) is 16.0 Å². The summed E-state index contributed by atoms with van der Waals surface area (Å²) >= 11 is 0. The summed E-state index contributed by atoms with van der Waals surface area (Å²) in [6.45, 7) is 2.38. The Labute approximate surface area is 102 Å². The van der Waals surface area contributed by atoms with Gasteiger partial charge in [-0.3, -0.25) is 4.79 Å². The molecular weight excluding hydrogens is 216 g/mol. The van der Waals surface area contributed by atoms with Crippen LogP contribution in [-0.4, -0.2) is 31.7 Å². The molecule has 0 spiro atoms. The van der Waals surface area contributed by atoms with E-state index in [0.717, 1.165) is 5.56 Å². The van der Waals surface area contributed by atoms with E-state index in [1.54, 1.807) is 7.11 Å². The Balaban J connectivity index is 2.37. The number of nitrogens with two attached hydrogens (primary N) is 1. The van der Waals surface area contributed by atoms with Gasteiger partial charge >= 0.3 is 0 Å². The predicted molar refractivity (Wildman–Crippen MR) is 67.6 cm³/mol. The van der Waals surface area contributed by atoms with E-state index in [9.17, 15) is 4.79 Å². The quantitative estimate of drug-likeness (QED) is 0.764. The second kappa shape index (κ2) is 7.04. The number of nitrogens with one attached hydrogen (secondary N) is 1. The Hall–Kier alpha value is -1.39. The topological polar surface area (TPSA) is 64.3 Å². The molecule has 17 heavy (non-hydrogen) atoms. The lowest BCUT2D eigenvalue weighted by molar-refractivity contribution is -0.122. The van der Waals surface area contributed by atoms with Crippen molar-refractivity contribution in [2.24, 2.45) is 5.73 Å². The maximum atomic E-state index is 11.7. The number of ether oxygens (including phenoxy) is 1. The highest BCUT2D eigenvalue weighted by Gasteiger charge is 2.14. The van der Waals surface area contributed by atoms with Gasteiger partial charge < -0.3 is 15.8 Å². The van der Waals surface area contributed by atoms with Crippen LogP contribution in [0, 0.1) is 0 Å². The van der Waals surface area contributed by atoms with Crippen LogP contribution in [0.15, 0.2) is 30.3 Å². The van der Waals surface area contributed by atoms with Gasteiger partial charge in [-0.25, -0.2) is 0 Å². The molecule has 0 aliphatic rings. The molecule has 1 rings (SSSR count). The standard InChI is InChI=1S/C13H20N2O2/c1-10(17-2)9-15-13(16)12(14)8-11-6-4-3-5-7-11/h3-7,10,12H,8-9,14H2,1-2H3,(H,15,16)/t10?,12-/m0/s1. The third-order valence-corrected chi connectivity index (χ3v) is 2.60. The molecule has 4 heteroatoms. The first-order valence-corrected chi connectivity index (χ1v) is 5.73. The zero-order valence-electron chi connectivity index (χ0n) is 10.3. The molecule has 0 fully saturated rings. The van der Waals surface area contributed by atoms with E-state index < -0.39 is 6.04 Å². The average molecular weight is 236 g/mol. The normalized spacial score (nSPS) is 14.1. The molecular formula is C13H20N2O2. The average Bonchev–Trinajstić information content (AvgIpc) is 2.36. The monoisotopic (exact) mass is 236 g/mol. The summed E-state index contributed by atoms with van der Waals surface area (Å²) < 4.78 is 5.04. The number of rotatable bonds is 6. The van der Waals surface area contributed by atoms with Crippen LogP contribution in [0.4, 0.5) is 0 Å². The van der Waals surface area contributed by atoms with E-state index in [1.807, 2.05) is 37.3 Å². The summed E-state index contributed by atoms with van der Waals surface area (Å²) in [6.07, 6.45) is 0.552. The van der Waals surface area contributed by atoms with Crippen LogP contribution in [0.2, 0.25) is 0 Å². The zero-order valence-corrected chi connectivity index (χ0v) is 10.3. The number of carbonyl (C=O) groups is 1. The summed E-state index contributed by atoms with van der Waals surface area (Å²) in [4.78, 5) is 11.7. The summed E-state index contributed by atoms with van der Waals surface area (Å²) in [5.41, 5.74) is 6.89. The first-order valence-electron chi connectivity index (χ1n) is 5.73. The van der Waals surface area contributed by atoms with Gasteiger partial charge in [0, 0.05) is 13.7 Å². The van der Waals surface area contributed by atoms with Crippen LogP contribution in [0.3, 0.4) is 0 Å². The van der Waals surface area contributed by atoms with E-state index in [-0.39, 0.29) is 12.0 Å². The summed E-state index contributed by atoms with van der Waals surface area (Å²) in [7, 11) is 1.61. The lowest BCUT2D eigenvalue weighted by atomic mass is 10.1. The lowest BCUT2D eigenvalue weighted by Crippen LogP contribution is -2.44. The van der Waals surface area contributed by atoms with Gasteiger partial charge in [0.15, 0.2) is 0 Å². The highest BCUT2D eigenvalue weighted by atomic mass is 16.5. The van der Waals surface area contributed by atoms with Crippen molar-refractivity contribution in [3.63, 3.8) is 0 Å². The van der Waals surface area contributed by atoms with Crippen molar-refractivity contribution < 1.29 is 9.53 Å². The first kappa shape index (κ1) is 13.7. The fourth-order valence-corrected chi connectivity index (χ4v) is 1.42. The molecule has 0 heterocycles. The molecule has 0 radical (unpaired) electrons. The molecule has 1 aromatic carbocycles. The van der Waals surface area contributed by atoms with E-state index >= 15 is 0 Å². The molecule has 2 atom stereocenters. The van der Waals surface area contributed by atoms with Crippen molar-refractivity contribution in [2.45, 2.75) is 25.5 Å². The minimum absolute atomic E-state index is 0.00266. The van der Waals surface area contributed by atoms with Gasteiger partial charge in [0.25, 0.3) is 0 Å². The highest BCUT2D eigenvalue weighted by Crippen LogP contribution is 2.01. The molecule has 0 aliphatic carbocycles. The molecule has 0 saturated heterocycles. The summed E-state index contributed by atoms with van der Waals surface area (Å²) in [6, 6.07) is 9.23. The molecule has 94 valence electrons. The second-order valence-electron chi connectivity index (χ2n) is 4.09. The Kier molecular flexibility index (Phi) is 5.66. The largest absolute Gasteiger partial charge is 0.380 e. The molecule has 0 aromatic heterocycles. The van der Waals surface area contributed by atoms with Crippen LogP contribution in [0.25, 0.3) is 0 Å². The van der Waals surface area contributed by atoms with Crippen molar-refractivity contribution >= 4 is 5.91 Å². The van der Waals surface area contributed by atoms with Gasteiger partial charge in [-0.15, -0.1) is 0 Å². The zero-order chi connectivity index (χ0) is 12.7. The van der Waals surface area contributed by atoms with Crippen LogP contribution in [0.5, 0.6) is 0 Å². The maximum absolute atomic E-state index is 11.7. The molecule has 3 N–H and O–H groups in total. The number of hydrogen-bond acceptors (Lipinski definition) is 3.